The maximum atomic E-state index is 12.7. The van der Waals surface area contributed by atoms with Crippen molar-refractivity contribution in [3.63, 3.8) is 0 Å². The van der Waals surface area contributed by atoms with Gasteiger partial charge in [0.15, 0.2) is 5.69 Å². The highest BCUT2D eigenvalue weighted by Gasteiger charge is 2.32. The smallest absolute Gasteiger partial charge is 0.416 e. The van der Waals surface area contributed by atoms with Crippen molar-refractivity contribution in [3.05, 3.63) is 53.2 Å². The molecule has 0 saturated heterocycles. The third-order valence-corrected chi connectivity index (χ3v) is 4.84. The molecule has 0 aliphatic heterocycles. The maximum Gasteiger partial charge on any atom is 0.416 e. The average Bonchev–Trinajstić information content (AvgIpc) is 3.39. The number of alkyl halides is 3. The summed E-state index contributed by atoms with van der Waals surface area (Å²) in [6, 6.07) is 5.60. The van der Waals surface area contributed by atoms with E-state index in [0.717, 1.165) is 37.0 Å². The number of hydrogen-bond acceptors (Lipinski definition) is 4. The Kier molecular flexibility index (Phi) is 6.07. The average molecular weight is 395 g/mol. The van der Waals surface area contributed by atoms with Gasteiger partial charge in [0.2, 0.25) is 5.89 Å². The van der Waals surface area contributed by atoms with E-state index < -0.39 is 11.7 Å². The quantitative estimate of drug-likeness (QED) is 0.720. The van der Waals surface area contributed by atoms with Crippen molar-refractivity contribution in [2.75, 3.05) is 0 Å². The first-order valence-electron chi connectivity index (χ1n) is 9.41. The predicted octanol–water partition coefficient (Wildman–Crippen LogP) is 4.39. The van der Waals surface area contributed by atoms with Crippen molar-refractivity contribution in [3.8, 4) is 0 Å². The molecular formula is C20H24F3N3O2. The first-order chi connectivity index (χ1) is 13.3. The van der Waals surface area contributed by atoms with Crippen LogP contribution in [0.4, 0.5) is 13.2 Å². The van der Waals surface area contributed by atoms with Crippen LogP contribution in [0, 0.1) is 0 Å². The number of halogens is 3. The summed E-state index contributed by atoms with van der Waals surface area (Å²) < 4.78 is 43.6. The molecule has 1 heterocycles. The third-order valence-electron chi connectivity index (χ3n) is 4.84. The van der Waals surface area contributed by atoms with Crippen molar-refractivity contribution >= 4 is 5.91 Å². The van der Waals surface area contributed by atoms with Gasteiger partial charge in [0.25, 0.3) is 5.91 Å². The van der Waals surface area contributed by atoms with Crippen LogP contribution in [0.3, 0.4) is 0 Å². The molecule has 152 valence electrons. The zero-order valence-corrected chi connectivity index (χ0v) is 15.9. The molecule has 1 aliphatic rings. The number of carbonyl (C=O) groups is 1. The van der Waals surface area contributed by atoms with Gasteiger partial charge < -0.3 is 9.73 Å². The Morgan fingerprint density at radius 1 is 1.29 bits per heavy atom. The normalized spacial score (nSPS) is 15.6. The van der Waals surface area contributed by atoms with Crippen molar-refractivity contribution in [2.45, 2.75) is 64.5 Å². The number of carbonyl (C=O) groups excluding carboxylic acids is 1. The molecule has 8 heteroatoms. The molecule has 3 rings (SSSR count). The third kappa shape index (κ3) is 5.34. The summed E-state index contributed by atoms with van der Waals surface area (Å²) >= 11 is 0. The minimum atomic E-state index is -4.33. The van der Waals surface area contributed by atoms with Crippen LogP contribution in [-0.4, -0.2) is 27.9 Å². The standard InChI is InChI=1S/C20H24F3N3O2/c1-3-13(2)24-19(27)17-12-28-18(25-17)11-26(16-8-9-16)10-14-4-6-15(7-5-14)20(21,22)23/h4-7,12-13,16H,3,8-11H2,1-2H3,(H,24,27)/t13-/m1/s1. The highest BCUT2D eigenvalue weighted by Crippen LogP contribution is 2.32. The fraction of sp³-hybridized carbons (Fsp3) is 0.500. The van der Waals surface area contributed by atoms with Crippen LogP contribution in [0.5, 0.6) is 0 Å². The van der Waals surface area contributed by atoms with Crippen molar-refractivity contribution in [1.82, 2.24) is 15.2 Å². The molecule has 1 N–H and O–H groups in total. The van der Waals surface area contributed by atoms with Gasteiger partial charge in [-0.05, 0) is 43.9 Å². The topological polar surface area (TPSA) is 58.4 Å². The monoisotopic (exact) mass is 395 g/mol. The summed E-state index contributed by atoms with van der Waals surface area (Å²) in [7, 11) is 0. The van der Waals surface area contributed by atoms with Gasteiger partial charge in [-0.25, -0.2) is 4.98 Å². The van der Waals surface area contributed by atoms with Crippen LogP contribution in [0.1, 0.15) is 60.6 Å². The Hall–Kier alpha value is -2.35. The van der Waals surface area contributed by atoms with Crippen molar-refractivity contribution < 1.29 is 22.4 Å². The van der Waals surface area contributed by atoms with E-state index in [9.17, 15) is 18.0 Å². The number of amides is 1. The number of rotatable bonds is 8. The minimum Gasteiger partial charge on any atom is -0.447 e. The second kappa shape index (κ2) is 8.34. The lowest BCUT2D eigenvalue weighted by Crippen LogP contribution is -2.32. The number of nitrogens with zero attached hydrogens (tertiary/aromatic N) is 2. The van der Waals surface area contributed by atoms with E-state index in [-0.39, 0.29) is 17.6 Å². The molecule has 1 aromatic carbocycles. The summed E-state index contributed by atoms with van der Waals surface area (Å²) in [6.07, 6.45) is -0.111. The van der Waals surface area contributed by atoms with Gasteiger partial charge >= 0.3 is 6.18 Å². The molecule has 1 aromatic heterocycles. The zero-order chi connectivity index (χ0) is 20.3. The van der Waals surface area contributed by atoms with Crippen LogP contribution in [0.15, 0.2) is 34.9 Å². The van der Waals surface area contributed by atoms with E-state index in [2.05, 4.69) is 15.2 Å². The molecule has 1 saturated carbocycles. The molecule has 28 heavy (non-hydrogen) atoms. The van der Waals surface area contributed by atoms with Crippen LogP contribution in [0.2, 0.25) is 0 Å². The highest BCUT2D eigenvalue weighted by atomic mass is 19.4. The lowest BCUT2D eigenvalue weighted by Gasteiger charge is -2.20. The molecule has 1 atom stereocenters. The number of nitrogens with one attached hydrogen (secondary N) is 1. The number of oxazole rings is 1. The second-order valence-electron chi connectivity index (χ2n) is 7.24. The van der Waals surface area contributed by atoms with Crippen LogP contribution in [0.25, 0.3) is 0 Å². The number of aromatic nitrogens is 1. The van der Waals surface area contributed by atoms with E-state index in [4.69, 9.17) is 4.42 Å². The van der Waals surface area contributed by atoms with Crippen molar-refractivity contribution in [1.29, 1.82) is 0 Å². The predicted molar refractivity (Wildman–Crippen MR) is 97.4 cm³/mol. The van der Waals surface area contributed by atoms with Crippen LogP contribution in [-0.2, 0) is 19.3 Å². The molecule has 0 bridgehead atoms. The van der Waals surface area contributed by atoms with Crippen molar-refractivity contribution in [2.24, 2.45) is 0 Å². The van der Waals surface area contributed by atoms with E-state index in [1.807, 2.05) is 13.8 Å². The molecule has 0 spiro atoms. The number of hydrogen-bond donors (Lipinski definition) is 1. The van der Waals surface area contributed by atoms with Gasteiger partial charge in [0.05, 0.1) is 12.1 Å². The molecule has 2 aromatic rings. The fourth-order valence-electron chi connectivity index (χ4n) is 2.85. The summed E-state index contributed by atoms with van der Waals surface area (Å²) in [4.78, 5) is 18.5. The first-order valence-corrected chi connectivity index (χ1v) is 9.41. The van der Waals surface area contributed by atoms with E-state index in [1.54, 1.807) is 0 Å². The Bertz CT molecular complexity index is 798. The molecule has 0 unspecified atom stereocenters. The van der Waals surface area contributed by atoms with Gasteiger partial charge in [-0.3, -0.25) is 9.69 Å². The summed E-state index contributed by atoms with van der Waals surface area (Å²) in [6.45, 7) is 4.80. The van der Waals surface area contributed by atoms with Gasteiger partial charge in [-0.15, -0.1) is 0 Å². The SMILES string of the molecule is CC[C@@H](C)NC(=O)c1coc(CN(Cc2ccc(C(F)(F)F)cc2)C2CC2)n1. The van der Waals surface area contributed by atoms with Crippen LogP contribution < -0.4 is 5.32 Å². The lowest BCUT2D eigenvalue weighted by atomic mass is 10.1. The molecule has 1 fully saturated rings. The molecule has 5 nitrogen and oxygen atoms in total. The maximum absolute atomic E-state index is 12.7. The van der Waals surface area contributed by atoms with Gasteiger partial charge in [-0.2, -0.15) is 13.2 Å². The van der Waals surface area contributed by atoms with E-state index in [1.165, 1.54) is 18.4 Å². The Balaban J connectivity index is 1.63. The van der Waals surface area contributed by atoms with Gasteiger partial charge in [0, 0.05) is 18.6 Å². The lowest BCUT2D eigenvalue weighted by molar-refractivity contribution is -0.137. The highest BCUT2D eigenvalue weighted by molar-refractivity contribution is 5.92. The zero-order valence-electron chi connectivity index (χ0n) is 15.9. The first kappa shape index (κ1) is 20.4. The fourth-order valence-corrected chi connectivity index (χ4v) is 2.85. The second-order valence-corrected chi connectivity index (χ2v) is 7.24. The summed E-state index contributed by atoms with van der Waals surface area (Å²) in [5.74, 6) is 0.151. The molecular weight excluding hydrogens is 371 g/mol. The van der Waals surface area contributed by atoms with E-state index in [0.29, 0.717) is 25.0 Å². The van der Waals surface area contributed by atoms with E-state index >= 15 is 0 Å². The Labute approximate surface area is 161 Å². The summed E-state index contributed by atoms with van der Waals surface area (Å²) in [5.41, 5.74) is 0.376. The Morgan fingerprint density at radius 3 is 2.54 bits per heavy atom. The van der Waals surface area contributed by atoms with Crippen LogP contribution >= 0.6 is 0 Å². The minimum absolute atomic E-state index is 0.0512. The van der Waals surface area contributed by atoms with Gasteiger partial charge in [-0.1, -0.05) is 19.1 Å². The largest absolute Gasteiger partial charge is 0.447 e. The molecule has 1 amide bonds. The Morgan fingerprint density at radius 2 is 1.96 bits per heavy atom. The summed E-state index contributed by atoms with van der Waals surface area (Å²) in [5, 5.41) is 2.84. The molecule has 1 aliphatic carbocycles. The van der Waals surface area contributed by atoms with Gasteiger partial charge in [0.1, 0.15) is 6.26 Å². The number of benzene rings is 1. The molecule has 0 radical (unpaired) electrons.